The van der Waals surface area contributed by atoms with Crippen molar-refractivity contribution in [3.8, 4) is 0 Å². The summed E-state index contributed by atoms with van der Waals surface area (Å²) in [5.74, 6) is -0.382. The molecule has 0 radical (unpaired) electrons. The molecule has 0 saturated carbocycles. The van der Waals surface area contributed by atoms with Gasteiger partial charge in [0.15, 0.2) is 0 Å². The molecule has 3 rings (SSSR count). The van der Waals surface area contributed by atoms with Gasteiger partial charge in [-0.2, -0.15) is 18.3 Å². The monoisotopic (exact) mass is 392 g/mol. The minimum atomic E-state index is -4.36. The Bertz CT molecular complexity index is 868. The fourth-order valence-corrected chi connectivity index (χ4v) is 3.02. The smallest absolute Gasteiger partial charge is 0.343 e. The normalized spacial score (nSPS) is 12.6. The molecular weight excluding hydrogens is 377 g/mol. The van der Waals surface area contributed by atoms with Gasteiger partial charge in [-0.25, -0.2) is 4.98 Å². The van der Waals surface area contributed by atoms with Crippen LogP contribution in [0.5, 0.6) is 0 Å². The van der Waals surface area contributed by atoms with Gasteiger partial charge in [-0.15, -0.1) is 0 Å². The third-order valence-corrected chi connectivity index (χ3v) is 4.43. The summed E-state index contributed by atoms with van der Waals surface area (Å²) in [7, 11) is 0. The number of hydrogen-bond acceptors (Lipinski definition) is 4. The molecule has 1 atom stereocenters. The van der Waals surface area contributed by atoms with Crippen LogP contribution in [0.3, 0.4) is 0 Å². The second-order valence-electron chi connectivity index (χ2n) is 5.63. The zero-order chi connectivity index (χ0) is 19.3. The molecule has 3 aromatic rings. The van der Waals surface area contributed by atoms with Crippen LogP contribution >= 0.6 is 11.8 Å². The van der Waals surface area contributed by atoms with Gasteiger partial charge >= 0.3 is 5.51 Å². The Labute approximate surface area is 157 Å². The summed E-state index contributed by atoms with van der Waals surface area (Å²) in [6, 6.07) is 14.3. The minimum absolute atomic E-state index is 0.0290. The van der Waals surface area contributed by atoms with E-state index in [0.29, 0.717) is 6.54 Å². The van der Waals surface area contributed by atoms with Gasteiger partial charge in [0, 0.05) is 10.5 Å². The summed E-state index contributed by atoms with van der Waals surface area (Å²) in [5.41, 5.74) is -3.20. The highest BCUT2D eigenvalue weighted by Gasteiger charge is 2.29. The summed E-state index contributed by atoms with van der Waals surface area (Å²) in [6.07, 6.45) is 2.95. The lowest BCUT2D eigenvalue weighted by Gasteiger charge is -2.19. The van der Waals surface area contributed by atoms with E-state index in [1.54, 1.807) is 11.0 Å². The van der Waals surface area contributed by atoms with Crippen LogP contribution in [-0.4, -0.2) is 26.2 Å². The number of nitrogens with zero attached hydrogens (tertiary/aromatic N) is 3. The van der Waals surface area contributed by atoms with E-state index >= 15 is 0 Å². The van der Waals surface area contributed by atoms with Gasteiger partial charge < -0.3 is 5.32 Å². The highest BCUT2D eigenvalue weighted by molar-refractivity contribution is 8.00. The molecule has 0 fully saturated rings. The lowest BCUT2D eigenvalue weighted by molar-refractivity contribution is -0.0328. The van der Waals surface area contributed by atoms with Crippen molar-refractivity contribution in [1.29, 1.82) is 0 Å². The minimum Gasteiger partial charge on any atom is -0.343 e. The molecule has 27 heavy (non-hydrogen) atoms. The van der Waals surface area contributed by atoms with Gasteiger partial charge in [-0.3, -0.25) is 9.48 Å². The third kappa shape index (κ3) is 5.58. The molecule has 0 aliphatic rings. The van der Waals surface area contributed by atoms with Crippen molar-refractivity contribution in [3.63, 3.8) is 0 Å². The van der Waals surface area contributed by atoms with Crippen LogP contribution in [0.15, 0.2) is 72.1 Å². The van der Waals surface area contributed by atoms with Crippen LogP contribution in [-0.2, 0) is 6.54 Å². The molecular formula is C18H15F3N4OS. The summed E-state index contributed by atoms with van der Waals surface area (Å²) >= 11 is -0.216. The average Bonchev–Trinajstić information content (AvgIpc) is 3.14. The van der Waals surface area contributed by atoms with Gasteiger partial charge in [0.05, 0.1) is 12.6 Å². The number of alkyl halides is 3. The summed E-state index contributed by atoms with van der Waals surface area (Å²) in [6.45, 7) is 0.373. The van der Waals surface area contributed by atoms with E-state index in [1.807, 2.05) is 30.3 Å². The van der Waals surface area contributed by atoms with E-state index < -0.39 is 5.51 Å². The first-order valence-corrected chi connectivity index (χ1v) is 8.76. The summed E-state index contributed by atoms with van der Waals surface area (Å²) in [5, 5.41) is 6.95. The van der Waals surface area contributed by atoms with Crippen LogP contribution in [0.2, 0.25) is 0 Å². The van der Waals surface area contributed by atoms with Crippen LogP contribution < -0.4 is 5.32 Å². The van der Waals surface area contributed by atoms with Crippen LogP contribution in [0.4, 0.5) is 13.2 Å². The van der Waals surface area contributed by atoms with Crippen LogP contribution in [0.1, 0.15) is 22.0 Å². The van der Waals surface area contributed by atoms with Crippen molar-refractivity contribution < 1.29 is 18.0 Å². The number of carbonyl (C=O) groups is 1. The standard InChI is InChI=1S/C18H15F3N4OS/c19-18(20,21)27-15-8-6-14(7-9-15)17(26)24-16(10-25-12-22-11-23-25)13-4-2-1-3-5-13/h1-9,11-12,16H,10H2,(H,24,26)/t16-/m1/s1. The molecule has 1 amide bonds. The first-order chi connectivity index (χ1) is 12.9. The topological polar surface area (TPSA) is 59.8 Å². The van der Waals surface area contributed by atoms with Crippen molar-refractivity contribution in [1.82, 2.24) is 20.1 Å². The van der Waals surface area contributed by atoms with E-state index in [1.165, 1.54) is 30.6 Å². The number of rotatable bonds is 6. The maximum atomic E-state index is 12.6. The van der Waals surface area contributed by atoms with Crippen molar-refractivity contribution in [2.45, 2.75) is 23.0 Å². The Morgan fingerprint density at radius 3 is 2.41 bits per heavy atom. The predicted molar refractivity (Wildman–Crippen MR) is 95.0 cm³/mol. The van der Waals surface area contributed by atoms with E-state index in [0.717, 1.165) is 5.56 Å². The highest BCUT2D eigenvalue weighted by atomic mass is 32.2. The molecule has 2 aromatic carbocycles. The summed E-state index contributed by atoms with van der Waals surface area (Å²) in [4.78, 5) is 16.5. The summed E-state index contributed by atoms with van der Waals surface area (Å²) < 4.78 is 38.8. The zero-order valence-corrected chi connectivity index (χ0v) is 14.7. The predicted octanol–water partition coefficient (Wildman–Crippen LogP) is 4.06. The number of aromatic nitrogens is 3. The third-order valence-electron chi connectivity index (χ3n) is 3.69. The lowest BCUT2D eigenvalue weighted by Crippen LogP contribution is -2.31. The van der Waals surface area contributed by atoms with E-state index in [4.69, 9.17) is 0 Å². The quantitative estimate of drug-likeness (QED) is 0.643. The number of carbonyl (C=O) groups excluding carboxylic acids is 1. The maximum Gasteiger partial charge on any atom is 0.446 e. The fraction of sp³-hybridized carbons (Fsp3) is 0.167. The molecule has 1 heterocycles. The lowest BCUT2D eigenvalue weighted by atomic mass is 10.1. The fourth-order valence-electron chi connectivity index (χ4n) is 2.48. The molecule has 0 unspecified atom stereocenters. The highest BCUT2D eigenvalue weighted by Crippen LogP contribution is 2.36. The molecule has 5 nitrogen and oxygen atoms in total. The second kappa shape index (κ2) is 8.26. The molecule has 9 heteroatoms. The van der Waals surface area contributed by atoms with Crippen molar-refractivity contribution in [3.05, 3.63) is 78.4 Å². The van der Waals surface area contributed by atoms with Crippen LogP contribution in [0.25, 0.3) is 0 Å². The molecule has 1 aromatic heterocycles. The number of hydrogen-bond donors (Lipinski definition) is 1. The first-order valence-electron chi connectivity index (χ1n) is 7.95. The average molecular weight is 392 g/mol. The molecule has 0 bridgehead atoms. The van der Waals surface area contributed by atoms with E-state index in [9.17, 15) is 18.0 Å². The Balaban J connectivity index is 1.74. The van der Waals surface area contributed by atoms with Crippen molar-refractivity contribution in [2.24, 2.45) is 0 Å². The van der Waals surface area contributed by atoms with Crippen molar-refractivity contribution >= 4 is 17.7 Å². The van der Waals surface area contributed by atoms with Gasteiger partial charge in [-0.05, 0) is 41.6 Å². The Morgan fingerprint density at radius 2 is 1.81 bits per heavy atom. The molecule has 1 N–H and O–H groups in total. The van der Waals surface area contributed by atoms with Crippen LogP contribution in [0, 0.1) is 0 Å². The number of nitrogens with one attached hydrogen (secondary N) is 1. The molecule has 0 aliphatic carbocycles. The Kier molecular flexibility index (Phi) is 5.80. The van der Waals surface area contributed by atoms with E-state index in [2.05, 4.69) is 15.4 Å². The maximum absolute atomic E-state index is 12.6. The van der Waals surface area contributed by atoms with Gasteiger partial charge in [0.25, 0.3) is 5.91 Å². The largest absolute Gasteiger partial charge is 0.446 e. The van der Waals surface area contributed by atoms with Gasteiger partial charge in [0.2, 0.25) is 0 Å². The molecule has 0 saturated heterocycles. The van der Waals surface area contributed by atoms with Gasteiger partial charge in [0.1, 0.15) is 12.7 Å². The number of benzene rings is 2. The van der Waals surface area contributed by atoms with Gasteiger partial charge in [-0.1, -0.05) is 30.3 Å². The molecule has 0 spiro atoms. The number of thioether (sulfide) groups is 1. The Hall–Kier alpha value is -2.81. The SMILES string of the molecule is O=C(N[C@H](Cn1cncn1)c1ccccc1)c1ccc(SC(F)(F)F)cc1. The first kappa shape index (κ1) is 19.0. The number of halogens is 3. The second-order valence-corrected chi connectivity index (χ2v) is 6.76. The molecule has 140 valence electrons. The molecule has 0 aliphatic heterocycles. The zero-order valence-electron chi connectivity index (χ0n) is 13.9. The Morgan fingerprint density at radius 1 is 1.11 bits per heavy atom. The number of amides is 1. The van der Waals surface area contributed by atoms with Crippen molar-refractivity contribution in [2.75, 3.05) is 0 Å². The van der Waals surface area contributed by atoms with E-state index in [-0.39, 0.29) is 34.2 Å².